The third-order valence-electron chi connectivity index (χ3n) is 5.71. The minimum absolute atomic E-state index is 0.239. The van der Waals surface area contributed by atoms with Crippen LogP contribution in [0.1, 0.15) is 19.4 Å². The Labute approximate surface area is 244 Å². The van der Waals surface area contributed by atoms with Gasteiger partial charge in [-0.1, -0.05) is 23.7 Å². The molecule has 11 heteroatoms. The lowest BCUT2D eigenvalue weighted by Crippen LogP contribution is -2.26. The molecule has 0 unspecified atom stereocenters. The molecule has 2 aromatic heterocycles. The Bertz CT molecular complexity index is 1790. The van der Waals surface area contributed by atoms with Gasteiger partial charge in [-0.05, 0) is 99.8 Å². The van der Waals surface area contributed by atoms with Gasteiger partial charge in [0.25, 0.3) is 5.56 Å². The van der Waals surface area contributed by atoms with Crippen molar-refractivity contribution in [2.75, 3.05) is 6.61 Å². The molecule has 0 saturated heterocycles. The number of halogens is 3. The first kappa shape index (κ1) is 27.1. The predicted octanol–water partition coefficient (Wildman–Crippen LogP) is 7.20. The van der Waals surface area contributed by atoms with Crippen LogP contribution in [0.2, 0.25) is 5.02 Å². The molecule has 0 spiro atoms. The van der Waals surface area contributed by atoms with E-state index in [0.717, 1.165) is 5.39 Å². The third kappa shape index (κ3) is 5.63. The number of benzene rings is 3. The minimum Gasteiger partial charge on any atom is -0.477 e. The summed E-state index contributed by atoms with van der Waals surface area (Å²) in [5.41, 5.74) is 1.41. The summed E-state index contributed by atoms with van der Waals surface area (Å²) in [4.78, 5) is 30.2. The molecule has 0 aliphatic rings. The largest absolute Gasteiger partial charge is 0.477 e. The van der Waals surface area contributed by atoms with Crippen molar-refractivity contribution in [1.82, 2.24) is 9.66 Å². The van der Waals surface area contributed by atoms with Crippen molar-refractivity contribution in [2.45, 2.75) is 20.0 Å². The quantitative estimate of drug-likeness (QED) is 0.134. The molecule has 0 aliphatic heterocycles. The first-order valence-electron chi connectivity index (χ1n) is 11.8. The highest BCUT2D eigenvalue weighted by Gasteiger charge is 2.20. The summed E-state index contributed by atoms with van der Waals surface area (Å²) in [6.07, 6.45) is 0.718. The maximum Gasteiger partial charge on any atom is 0.347 e. The van der Waals surface area contributed by atoms with Crippen LogP contribution in [-0.2, 0) is 9.53 Å². The number of fused-ring (bicyclic) bond motifs is 2. The van der Waals surface area contributed by atoms with Gasteiger partial charge in [-0.25, -0.2) is 9.78 Å². The second-order valence-corrected chi connectivity index (χ2v) is 10.6. The molecule has 198 valence electrons. The molecule has 0 saturated carbocycles. The van der Waals surface area contributed by atoms with Gasteiger partial charge in [0.2, 0.25) is 5.82 Å². The Morgan fingerprint density at radius 3 is 2.64 bits per heavy atom. The van der Waals surface area contributed by atoms with Gasteiger partial charge in [-0.3, -0.25) is 4.79 Å². The SMILES string of the molecule is CCOC(=O)[C@@H](C)Oc1c(Br)cc(C=Nn2c(-c3cc4cc(Cl)ccc4o3)nc3ccccc3c2=O)cc1Br. The Balaban J connectivity index is 1.56. The van der Waals surface area contributed by atoms with Crippen molar-refractivity contribution in [3.63, 3.8) is 0 Å². The van der Waals surface area contributed by atoms with Crippen LogP contribution in [-0.4, -0.2) is 34.6 Å². The van der Waals surface area contributed by atoms with Crippen molar-refractivity contribution in [1.29, 1.82) is 0 Å². The van der Waals surface area contributed by atoms with Crippen LogP contribution in [0.5, 0.6) is 5.75 Å². The Morgan fingerprint density at radius 1 is 1.15 bits per heavy atom. The van der Waals surface area contributed by atoms with Crippen molar-refractivity contribution in [3.8, 4) is 17.3 Å². The van der Waals surface area contributed by atoms with E-state index in [9.17, 15) is 9.59 Å². The van der Waals surface area contributed by atoms with Crippen LogP contribution in [0, 0.1) is 0 Å². The zero-order valence-electron chi connectivity index (χ0n) is 20.7. The van der Waals surface area contributed by atoms with Gasteiger partial charge in [0, 0.05) is 10.4 Å². The van der Waals surface area contributed by atoms with E-state index in [1.54, 1.807) is 68.4 Å². The third-order valence-corrected chi connectivity index (χ3v) is 7.12. The van der Waals surface area contributed by atoms with Gasteiger partial charge in [0.05, 0.1) is 32.7 Å². The molecule has 0 amide bonds. The standard InChI is InChI=1S/C28H20Br2ClN3O5/c1-3-37-28(36)15(2)38-25-20(29)10-16(11-21(25)30)14-32-34-26(33-22-7-5-4-6-19(22)27(34)35)24-13-17-12-18(31)8-9-23(17)39-24/h4-15H,3H2,1-2H3/t15-/m1/s1. The number of esters is 1. The molecule has 0 bridgehead atoms. The fraction of sp³-hybridized carbons (Fsp3) is 0.143. The molecule has 0 aliphatic carbocycles. The molecule has 39 heavy (non-hydrogen) atoms. The molecular weight excluding hydrogens is 654 g/mol. The summed E-state index contributed by atoms with van der Waals surface area (Å²) in [5, 5.41) is 6.24. The molecule has 5 aromatic rings. The molecule has 1 atom stereocenters. The first-order valence-corrected chi connectivity index (χ1v) is 13.8. The summed E-state index contributed by atoms with van der Waals surface area (Å²) in [6, 6.07) is 17.6. The van der Waals surface area contributed by atoms with Crippen LogP contribution in [0.25, 0.3) is 33.5 Å². The van der Waals surface area contributed by atoms with Crippen LogP contribution in [0.15, 0.2) is 83.9 Å². The van der Waals surface area contributed by atoms with Gasteiger partial charge < -0.3 is 13.9 Å². The highest BCUT2D eigenvalue weighted by atomic mass is 79.9. The van der Waals surface area contributed by atoms with Crippen molar-refractivity contribution < 1.29 is 18.7 Å². The zero-order chi connectivity index (χ0) is 27.7. The fourth-order valence-corrected chi connectivity index (χ4v) is 5.48. The molecular formula is C28H20Br2ClN3O5. The maximum absolute atomic E-state index is 13.5. The molecule has 0 N–H and O–H groups in total. The molecule has 2 heterocycles. The van der Waals surface area contributed by atoms with E-state index in [-0.39, 0.29) is 18.0 Å². The molecule has 0 fully saturated rings. The van der Waals surface area contributed by atoms with Crippen LogP contribution < -0.4 is 10.3 Å². The Morgan fingerprint density at radius 2 is 1.90 bits per heavy atom. The number of hydrogen-bond donors (Lipinski definition) is 0. The lowest BCUT2D eigenvalue weighted by molar-refractivity contribution is -0.150. The summed E-state index contributed by atoms with van der Waals surface area (Å²) in [7, 11) is 0. The predicted molar refractivity (Wildman–Crippen MR) is 158 cm³/mol. The number of nitrogens with zero attached hydrogens (tertiary/aromatic N) is 3. The van der Waals surface area contributed by atoms with E-state index >= 15 is 0 Å². The van der Waals surface area contributed by atoms with Gasteiger partial charge >= 0.3 is 5.97 Å². The molecule has 0 radical (unpaired) electrons. The average molecular weight is 674 g/mol. The van der Waals surface area contributed by atoms with E-state index in [1.165, 1.54) is 10.9 Å². The summed E-state index contributed by atoms with van der Waals surface area (Å²) in [5.74, 6) is 0.569. The first-order chi connectivity index (χ1) is 18.7. The summed E-state index contributed by atoms with van der Waals surface area (Å²) >= 11 is 13.1. The number of para-hydroxylation sites is 1. The summed E-state index contributed by atoms with van der Waals surface area (Å²) in [6.45, 7) is 3.60. The average Bonchev–Trinajstić information content (AvgIpc) is 3.33. The second kappa shape index (κ2) is 11.3. The van der Waals surface area contributed by atoms with Crippen LogP contribution in [0.3, 0.4) is 0 Å². The lowest BCUT2D eigenvalue weighted by atomic mass is 10.2. The van der Waals surface area contributed by atoms with Gasteiger partial charge in [0.15, 0.2) is 11.9 Å². The van der Waals surface area contributed by atoms with Crippen LogP contribution in [0.4, 0.5) is 0 Å². The van der Waals surface area contributed by atoms with Crippen molar-refractivity contribution in [3.05, 3.63) is 90.5 Å². The molecule has 3 aromatic carbocycles. The number of carbonyl (C=O) groups excluding carboxylic acids is 1. The number of aromatic nitrogens is 2. The zero-order valence-corrected chi connectivity index (χ0v) is 24.6. The lowest BCUT2D eigenvalue weighted by Gasteiger charge is -2.16. The molecule has 5 rings (SSSR count). The van der Waals surface area contributed by atoms with Gasteiger partial charge in [-0.2, -0.15) is 9.78 Å². The number of ether oxygens (including phenoxy) is 2. The van der Waals surface area contributed by atoms with Gasteiger partial charge in [0.1, 0.15) is 11.3 Å². The summed E-state index contributed by atoms with van der Waals surface area (Å²) < 4.78 is 19.2. The minimum atomic E-state index is -0.805. The number of rotatable bonds is 7. The normalized spacial score (nSPS) is 12.3. The molecule has 8 nitrogen and oxygen atoms in total. The fourth-order valence-electron chi connectivity index (χ4n) is 3.89. The van der Waals surface area contributed by atoms with E-state index in [4.69, 9.17) is 25.5 Å². The van der Waals surface area contributed by atoms with Crippen molar-refractivity contribution in [2.24, 2.45) is 5.10 Å². The highest BCUT2D eigenvalue weighted by Crippen LogP contribution is 2.35. The number of carbonyl (C=O) groups is 1. The smallest absolute Gasteiger partial charge is 0.347 e. The van der Waals surface area contributed by atoms with E-state index in [0.29, 0.717) is 47.5 Å². The maximum atomic E-state index is 13.5. The van der Waals surface area contributed by atoms with E-state index in [2.05, 4.69) is 41.9 Å². The van der Waals surface area contributed by atoms with Gasteiger partial charge in [-0.15, -0.1) is 0 Å². The monoisotopic (exact) mass is 671 g/mol. The topological polar surface area (TPSA) is 95.9 Å². The van der Waals surface area contributed by atoms with E-state index < -0.39 is 12.1 Å². The number of furan rings is 1. The van der Waals surface area contributed by atoms with Crippen LogP contribution >= 0.6 is 43.5 Å². The highest BCUT2D eigenvalue weighted by molar-refractivity contribution is 9.11. The Kier molecular flexibility index (Phi) is 7.88. The van der Waals surface area contributed by atoms with Crippen molar-refractivity contribution >= 4 is 77.5 Å². The second-order valence-electron chi connectivity index (χ2n) is 8.43. The Hall–Kier alpha value is -3.47. The van der Waals surface area contributed by atoms with E-state index in [1.807, 2.05) is 6.07 Å². The number of hydrogen-bond acceptors (Lipinski definition) is 7.